The number of benzene rings is 1. The van der Waals surface area contributed by atoms with Crippen LogP contribution < -0.4 is 5.32 Å². The Hall–Kier alpha value is -0.740. The fourth-order valence-corrected chi connectivity index (χ4v) is 1.54. The summed E-state index contributed by atoms with van der Waals surface area (Å²) in [7, 11) is 1.69. The number of nitrogens with one attached hydrogen (secondary N) is 1. The molecular weight excluding hydrogens is 237 g/mol. The molecular formula is C9H9BrFNO. The number of Topliss-reactive ketones (excluding diaryl/α,β-unsaturated/α-hetero) is 1. The summed E-state index contributed by atoms with van der Waals surface area (Å²) in [6.45, 7) is 0.254. The largest absolute Gasteiger partial charge is 0.313 e. The lowest BCUT2D eigenvalue weighted by atomic mass is 10.1. The number of ketones is 1. The Morgan fingerprint density at radius 2 is 2.31 bits per heavy atom. The predicted molar refractivity (Wildman–Crippen MR) is 52.4 cm³/mol. The van der Waals surface area contributed by atoms with Crippen LogP contribution in [0.2, 0.25) is 0 Å². The van der Waals surface area contributed by atoms with Crippen LogP contribution in [0, 0.1) is 5.82 Å². The van der Waals surface area contributed by atoms with Crippen molar-refractivity contribution in [3.63, 3.8) is 0 Å². The first-order valence-corrected chi connectivity index (χ1v) is 4.57. The van der Waals surface area contributed by atoms with Crippen LogP contribution in [0.4, 0.5) is 4.39 Å². The summed E-state index contributed by atoms with van der Waals surface area (Å²) >= 11 is 3.13. The molecule has 0 unspecified atom stereocenters. The van der Waals surface area contributed by atoms with Gasteiger partial charge in [-0.1, -0.05) is 0 Å². The minimum Gasteiger partial charge on any atom is -0.313 e. The molecule has 0 heterocycles. The monoisotopic (exact) mass is 245 g/mol. The summed E-state index contributed by atoms with van der Waals surface area (Å²) < 4.78 is 13.1. The lowest BCUT2D eigenvalue weighted by molar-refractivity contribution is 0.0993. The number of carbonyl (C=O) groups excluding carboxylic acids is 1. The smallest absolute Gasteiger partial charge is 0.177 e. The van der Waals surface area contributed by atoms with Crippen LogP contribution in [0.15, 0.2) is 22.7 Å². The number of hydrogen-bond donors (Lipinski definition) is 1. The van der Waals surface area contributed by atoms with E-state index in [9.17, 15) is 9.18 Å². The summed E-state index contributed by atoms with van der Waals surface area (Å²) in [6, 6.07) is 4.02. The van der Waals surface area contributed by atoms with Crippen molar-refractivity contribution in [1.29, 1.82) is 0 Å². The van der Waals surface area contributed by atoms with Gasteiger partial charge in [0.15, 0.2) is 5.78 Å². The summed E-state index contributed by atoms with van der Waals surface area (Å²) in [6.07, 6.45) is 0. The van der Waals surface area contributed by atoms with Gasteiger partial charge in [-0.25, -0.2) is 4.39 Å². The van der Waals surface area contributed by atoms with E-state index in [2.05, 4.69) is 21.2 Å². The van der Waals surface area contributed by atoms with Crippen molar-refractivity contribution in [1.82, 2.24) is 5.32 Å². The maximum absolute atomic E-state index is 12.6. The SMILES string of the molecule is CNCC(=O)c1ccc(F)cc1Br. The van der Waals surface area contributed by atoms with Crippen molar-refractivity contribution in [2.24, 2.45) is 0 Å². The summed E-state index contributed by atoms with van der Waals surface area (Å²) in [4.78, 5) is 11.4. The van der Waals surface area contributed by atoms with E-state index in [0.29, 0.717) is 10.0 Å². The number of hydrogen-bond acceptors (Lipinski definition) is 2. The van der Waals surface area contributed by atoms with Gasteiger partial charge >= 0.3 is 0 Å². The van der Waals surface area contributed by atoms with Crippen molar-refractivity contribution in [3.05, 3.63) is 34.1 Å². The molecule has 0 bridgehead atoms. The highest BCUT2D eigenvalue weighted by Gasteiger charge is 2.08. The maximum atomic E-state index is 12.6. The van der Waals surface area contributed by atoms with Gasteiger partial charge in [-0.2, -0.15) is 0 Å². The first-order chi connectivity index (χ1) is 6.15. The van der Waals surface area contributed by atoms with E-state index in [1.807, 2.05) is 0 Å². The molecule has 0 aromatic heterocycles. The molecule has 0 fully saturated rings. The molecule has 2 nitrogen and oxygen atoms in total. The van der Waals surface area contributed by atoms with Gasteiger partial charge in [0.05, 0.1) is 6.54 Å². The predicted octanol–water partition coefficient (Wildman–Crippen LogP) is 1.99. The Labute approximate surface area is 84.3 Å². The zero-order chi connectivity index (χ0) is 9.84. The number of halogens is 2. The third-order valence-corrected chi connectivity index (χ3v) is 2.22. The number of likely N-dealkylation sites (N-methyl/N-ethyl adjacent to an activating group) is 1. The highest BCUT2D eigenvalue weighted by molar-refractivity contribution is 9.10. The second-order valence-electron chi connectivity index (χ2n) is 2.58. The molecule has 0 radical (unpaired) electrons. The molecule has 0 aliphatic heterocycles. The van der Waals surface area contributed by atoms with Crippen molar-refractivity contribution >= 4 is 21.7 Å². The second-order valence-corrected chi connectivity index (χ2v) is 3.43. The molecule has 4 heteroatoms. The summed E-state index contributed by atoms with van der Waals surface area (Å²) in [5.41, 5.74) is 0.496. The lowest BCUT2D eigenvalue weighted by Crippen LogP contribution is -2.18. The number of rotatable bonds is 3. The molecule has 0 aliphatic carbocycles. The normalized spacial score (nSPS) is 10.1. The lowest BCUT2D eigenvalue weighted by Gasteiger charge is -2.02. The molecule has 70 valence electrons. The van der Waals surface area contributed by atoms with E-state index in [1.165, 1.54) is 18.2 Å². The van der Waals surface area contributed by atoms with Gasteiger partial charge in [0.2, 0.25) is 0 Å². The van der Waals surface area contributed by atoms with Crippen LogP contribution in [0.1, 0.15) is 10.4 Å². The molecule has 13 heavy (non-hydrogen) atoms. The molecule has 0 aliphatic rings. The molecule has 1 aromatic rings. The summed E-state index contributed by atoms with van der Waals surface area (Å²) in [5, 5.41) is 2.74. The van der Waals surface area contributed by atoms with Gasteiger partial charge in [0.1, 0.15) is 5.82 Å². The molecule has 0 saturated heterocycles. The number of carbonyl (C=O) groups is 1. The Bertz CT molecular complexity index is 327. The Morgan fingerprint density at radius 3 is 2.85 bits per heavy atom. The first-order valence-electron chi connectivity index (χ1n) is 3.78. The fourth-order valence-electron chi connectivity index (χ4n) is 0.971. The van der Waals surface area contributed by atoms with E-state index in [4.69, 9.17) is 0 Å². The van der Waals surface area contributed by atoms with Crippen LogP contribution in [-0.2, 0) is 0 Å². The van der Waals surface area contributed by atoms with Crippen LogP contribution in [-0.4, -0.2) is 19.4 Å². The van der Waals surface area contributed by atoms with Crippen molar-refractivity contribution < 1.29 is 9.18 Å². The van der Waals surface area contributed by atoms with E-state index in [-0.39, 0.29) is 18.1 Å². The van der Waals surface area contributed by atoms with Gasteiger partial charge in [-0.15, -0.1) is 0 Å². The van der Waals surface area contributed by atoms with E-state index in [0.717, 1.165) is 0 Å². The van der Waals surface area contributed by atoms with Crippen LogP contribution in [0.25, 0.3) is 0 Å². The maximum Gasteiger partial charge on any atom is 0.177 e. The van der Waals surface area contributed by atoms with Gasteiger partial charge in [-0.05, 0) is 41.2 Å². The molecule has 0 saturated carbocycles. The topological polar surface area (TPSA) is 29.1 Å². The third kappa shape index (κ3) is 2.60. The average molecular weight is 246 g/mol. The quantitative estimate of drug-likeness (QED) is 0.826. The van der Waals surface area contributed by atoms with Gasteiger partial charge in [0.25, 0.3) is 0 Å². The fraction of sp³-hybridized carbons (Fsp3) is 0.222. The molecule has 0 amide bonds. The summed E-state index contributed by atoms with van der Waals surface area (Å²) in [5.74, 6) is -0.415. The van der Waals surface area contributed by atoms with Crippen LogP contribution in [0.5, 0.6) is 0 Å². The van der Waals surface area contributed by atoms with Gasteiger partial charge < -0.3 is 5.32 Å². The highest BCUT2D eigenvalue weighted by Crippen LogP contribution is 2.18. The van der Waals surface area contributed by atoms with Crippen molar-refractivity contribution in [3.8, 4) is 0 Å². The Kier molecular flexibility index (Phi) is 3.57. The minimum absolute atomic E-state index is 0.0608. The van der Waals surface area contributed by atoms with Crippen molar-refractivity contribution in [2.75, 3.05) is 13.6 Å². The second kappa shape index (κ2) is 4.48. The Balaban J connectivity index is 2.95. The zero-order valence-electron chi connectivity index (χ0n) is 7.10. The average Bonchev–Trinajstić information content (AvgIpc) is 2.04. The van der Waals surface area contributed by atoms with E-state index < -0.39 is 0 Å². The molecule has 1 N–H and O–H groups in total. The van der Waals surface area contributed by atoms with Crippen LogP contribution in [0.3, 0.4) is 0 Å². The zero-order valence-corrected chi connectivity index (χ0v) is 8.69. The highest BCUT2D eigenvalue weighted by atomic mass is 79.9. The van der Waals surface area contributed by atoms with Gasteiger partial charge in [-0.3, -0.25) is 4.79 Å². The Morgan fingerprint density at radius 1 is 1.62 bits per heavy atom. The standard InChI is InChI=1S/C9H9BrFNO/c1-12-5-9(13)7-3-2-6(11)4-8(7)10/h2-4,12H,5H2,1H3. The van der Waals surface area contributed by atoms with Crippen molar-refractivity contribution in [2.45, 2.75) is 0 Å². The minimum atomic E-state index is -0.354. The first kappa shape index (κ1) is 10.3. The molecule has 0 atom stereocenters. The molecule has 1 aromatic carbocycles. The van der Waals surface area contributed by atoms with Gasteiger partial charge in [0, 0.05) is 10.0 Å². The molecule has 1 rings (SSSR count). The van der Waals surface area contributed by atoms with Crippen LogP contribution >= 0.6 is 15.9 Å². The molecule has 0 spiro atoms. The van der Waals surface area contributed by atoms with E-state index >= 15 is 0 Å². The van der Waals surface area contributed by atoms with E-state index in [1.54, 1.807) is 7.05 Å². The third-order valence-electron chi connectivity index (χ3n) is 1.57.